The van der Waals surface area contributed by atoms with E-state index in [2.05, 4.69) is 25.2 Å². The largest absolute Gasteiger partial charge is 1.00 e. The number of allylic oxidation sites excluding steroid dienone is 2. The van der Waals surface area contributed by atoms with Crippen LogP contribution >= 0.6 is 0 Å². The van der Waals surface area contributed by atoms with Crippen LogP contribution in [0.1, 0.15) is 66.2 Å². The van der Waals surface area contributed by atoms with Crippen molar-refractivity contribution in [2.45, 2.75) is 84.5 Å². The number of carboxylic acids is 1. The van der Waals surface area contributed by atoms with Gasteiger partial charge in [-0.3, -0.25) is 4.79 Å². The number of rotatable bonds is 11. The first kappa shape index (κ1) is 30.3. The number of hydrogen-bond donors (Lipinski definition) is 3. The van der Waals surface area contributed by atoms with Crippen LogP contribution < -0.4 is 40.4 Å². The Labute approximate surface area is 220 Å². The molecule has 0 radical (unpaired) electrons. The third kappa shape index (κ3) is 8.48. The molecule has 8 heteroatoms. The molecule has 0 aromatic heterocycles. The number of fused-ring (bicyclic) bond motifs is 1. The summed E-state index contributed by atoms with van der Waals surface area (Å²) >= 11 is 0. The van der Waals surface area contributed by atoms with Crippen LogP contribution in [-0.4, -0.2) is 47.0 Å². The molecule has 2 aliphatic rings. The number of aliphatic hydroxyl groups is 2. The summed E-state index contributed by atoms with van der Waals surface area (Å²) in [6.45, 7) is 8.37. The van der Waals surface area contributed by atoms with Crippen molar-refractivity contribution in [3.63, 3.8) is 0 Å². The van der Waals surface area contributed by atoms with E-state index in [4.69, 9.17) is 10.5 Å². The monoisotopic (exact) mass is 473 g/mol. The van der Waals surface area contributed by atoms with Gasteiger partial charge in [-0.25, -0.2) is 0 Å². The quantitative estimate of drug-likeness (QED) is 0.251. The minimum absolute atomic E-state index is 0. The molecule has 0 aromatic rings. The fourth-order valence-electron chi connectivity index (χ4n) is 4.80. The fourth-order valence-corrected chi connectivity index (χ4v) is 4.80. The van der Waals surface area contributed by atoms with Gasteiger partial charge in [0.05, 0.1) is 17.6 Å². The number of aliphatic hydroxyl groups excluding tert-OH is 2. The second-order valence-electron chi connectivity index (χ2n) is 10.2. The van der Waals surface area contributed by atoms with Crippen molar-refractivity contribution in [3.8, 4) is 0 Å². The van der Waals surface area contributed by atoms with Crippen LogP contribution in [0, 0.1) is 29.1 Å². The second-order valence-corrected chi connectivity index (χ2v) is 10.2. The Hall–Kier alpha value is -0.700. The standard InChI is InChI=1S/C25H41NO6.Na/c1-5-25(3,4)24(31)32-21-11-16(14-26)10-17-7-6-15(2)20(23(17)21)9-8-18(27)12-19(28)13-22(29)30;/h6-7,10,15-16,18-21,23,27-28H,5,8-9,11-14,26H2,1-4H3,(H,29,30);/q;+1/p-1/t15-,16+,18+,19+,20-,21-,23-;/m0./s1. The molecule has 2 rings (SSSR count). The van der Waals surface area contributed by atoms with Crippen LogP contribution in [0.25, 0.3) is 0 Å². The average Bonchev–Trinajstić information content (AvgIpc) is 2.72. The van der Waals surface area contributed by atoms with Crippen LogP contribution in [0.5, 0.6) is 0 Å². The molecule has 2 aliphatic carbocycles. The maximum Gasteiger partial charge on any atom is 1.00 e. The van der Waals surface area contributed by atoms with Crippen LogP contribution in [0.3, 0.4) is 0 Å². The number of aliphatic carboxylic acids is 1. The number of ether oxygens (including phenoxy) is 1. The predicted octanol–water partition coefficient (Wildman–Crippen LogP) is -1.29. The SMILES string of the molecule is CCC(C)(C)C(=O)O[C@H]1C[C@H](CN)C=C2C=C[C@H](C)[C@H](CC[C@@H](O)C[C@@H](O)CC(=O)[O-])[C@H]21.[Na+]. The first-order chi connectivity index (χ1) is 15.0. The van der Waals surface area contributed by atoms with E-state index in [1.165, 1.54) is 0 Å². The van der Waals surface area contributed by atoms with E-state index >= 15 is 0 Å². The number of hydrogen-bond acceptors (Lipinski definition) is 7. The molecule has 0 fully saturated rings. The minimum Gasteiger partial charge on any atom is -0.550 e. The number of esters is 1. The summed E-state index contributed by atoms with van der Waals surface area (Å²) in [7, 11) is 0. The maximum absolute atomic E-state index is 12.9. The molecule has 7 nitrogen and oxygen atoms in total. The molecule has 0 aromatic carbocycles. The van der Waals surface area contributed by atoms with Gasteiger partial charge in [0.2, 0.25) is 0 Å². The van der Waals surface area contributed by atoms with Crippen molar-refractivity contribution < 1.29 is 59.2 Å². The molecule has 7 atom stereocenters. The van der Waals surface area contributed by atoms with Gasteiger partial charge in [0.1, 0.15) is 6.10 Å². The molecular formula is C25H40NNaO6. The third-order valence-corrected chi connectivity index (χ3v) is 7.25. The van der Waals surface area contributed by atoms with Crippen molar-refractivity contribution in [1.29, 1.82) is 0 Å². The minimum atomic E-state index is -1.33. The molecule has 0 spiro atoms. The van der Waals surface area contributed by atoms with E-state index in [-0.39, 0.29) is 71.7 Å². The average molecular weight is 474 g/mol. The Morgan fingerprint density at radius 2 is 1.97 bits per heavy atom. The van der Waals surface area contributed by atoms with Gasteiger partial charge in [-0.05, 0) is 75.8 Å². The molecule has 0 aliphatic heterocycles. The van der Waals surface area contributed by atoms with Crippen LogP contribution in [0.15, 0.2) is 23.8 Å². The molecule has 0 saturated heterocycles. The van der Waals surface area contributed by atoms with E-state index in [9.17, 15) is 24.9 Å². The molecule has 0 unspecified atom stereocenters. The molecular weight excluding hydrogens is 433 g/mol. The van der Waals surface area contributed by atoms with Crippen LogP contribution in [0.2, 0.25) is 0 Å². The topological polar surface area (TPSA) is 133 Å². The number of carbonyl (C=O) groups excluding carboxylic acids is 2. The van der Waals surface area contributed by atoms with E-state index in [0.29, 0.717) is 32.2 Å². The predicted molar refractivity (Wildman–Crippen MR) is 120 cm³/mol. The molecule has 0 bridgehead atoms. The Morgan fingerprint density at radius 1 is 1.30 bits per heavy atom. The van der Waals surface area contributed by atoms with Crippen LogP contribution in [0.4, 0.5) is 0 Å². The Morgan fingerprint density at radius 3 is 2.55 bits per heavy atom. The molecule has 0 heterocycles. The summed E-state index contributed by atoms with van der Waals surface area (Å²) in [5.41, 5.74) is 6.53. The van der Waals surface area contributed by atoms with Crippen molar-refractivity contribution in [1.82, 2.24) is 0 Å². The van der Waals surface area contributed by atoms with E-state index in [0.717, 1.165) is 5.57 Å². The molecule has 4 N–H and O–H groups in total. The summed E-state index contributed by atoms with van der Waals surface area (Å²) in [4.78, 5) is 23.5. The van der Waals surface area contributed by atoms with Crippen molar-refractivity contribution in [2.75, 3.05) is 6.54 Å². The van der Waals surface area contributed by atoms with Gasteiger partial charge in [-0.1, -0.05) is 32.1 Å². The maximum atomic E-state index is 12.9. The van der Waals surface area contributed by atoms with E-state index in [1.54, 1.807) is 0 Å². The first-order valence-corrected chi connectivity index (χ1v) is 11.9. The van der Waals surface area contributed by atoms with Crippen molar-refractivity contribution in [2.24, 2.45) is 34.8 Å². The normalized spacial score (nSPS) is 28.7. The van der Waals surface area contributed by atoms with Gasteiger partial charge in [-0.2, -0.15) is 0 Å². The second kappa shape index (κ2) is 13.4. The Bertz CT molecular complexity index is 722. The number of nitrogens with two attached hydrogens (primary N) is 1. The van der Waals surface area contributed by atoms with Gasteiger partial charge >= 0.3 is 35.5 Å². The summed E-state index contributed by atoms with van der Waals surface area (Å²) in [6, 6.07) is 0. The van der Waals surface area contributed by atoms with Crippen LogP contribution in [-0.2, 0) is 14.3 Å². The fraction of sp³-hybridized carbons (Fsp3) is 0.760. The number of carboxylic acid groups (broad SMARTS) is 1. The molecule has 33 heavy (non-hydrogen) atoms. The van der Waals surface area contributed by atoms with Gasteiger partial charge in [-0.15, -0.1) is 0 Å². The summed E-state index contributed by atoms with van der Waals surface area (Å²) in [5.74, 6) is -0.981. The van der Waals surface area contributed by atoms with Gasteiger partial charge in [0.15, 0.2) is 0 Å². The molecule has 182 valence electrons. The third-order valence-electron chi connectivity index (χ3n) is 7.25. The summed E-state index contributed by atoms with van der Waals surface area (Å²) in [6.07, 6.45) is 6.22. The zero-order chi connectivity index (χ0) is 24.1. The Kier molecular flexibility index (Phi) is 12.3. The Balaban J connectivity index is 0.00000544. The first-order valence-electron chi connectivity index (χ1n) is 11.9. The summed E-state index contributed by atoms with van der Waals surface area (Å²) < 4.78 is 6.10. The van der Waals surface area contributed by atoms with E-state index in [1.807, 2.05) is 20.8 Å². The van der Waals surface area contributed by atoms with Crippen molar-refractivity contribution >= 4 is 11.9 Å². The van der Waals surface area contributed by atoms with Gasteiger partial charge in [0.25, 0.3) is 0 Å². The zero-order valence-electron chi connectivity index (χ0n) is 20.8. The van der Waals surface area contributed by atoms with Gasteiger partial charge in [0, 0.05) is 18.3 Å². The molecule has 0 saturated carbocycles. The van der Waals surface area contributed by atoms with Crippen molar-refractivity contribution in [3.05, 3.63) is 23.8 Å². The molecule has 0 amide bonds. The summed E-state index contributed by atoms with van der Waals surface area (Å²) in [5, 5.41) is 30.8. The van der Waals surface area contributed by atoms with Gasteiger partial charge < -0.3 is 30.6 Å². The van der Waals surface area contributed by atoms with E-state index < -0.39 is 30.0 Å². The number of carbonyl (C=O) groups is 2. The smallest absolute Gasteiger partial charge is 0.550 e. The zero-order valence-corrected chi connectivity index (χ0v) is 22.8.